The van der Waals surface area contributed by atoms with Gasteiger partial charge in [-0.3, -0.25) is 0 Å². The van der Waals surface area contributed by atoms with Gasteiger partial charge in [0.05, 0.1) is 5.56 Å². The number of hydrogen-bond donors (Lipinski definition) is 2. The van der Waals surface area contributed by atoms with Crippen molar-refractivity contribution in [3.05, 3.63) is 17.7 Å². The smallest absolute Gasteiger partial charge is 0.384 e. The summed E-state index contributed by atoms with van der Waals surface area (Å²) in [5.74, 6) is 0.794. The molecule has 1 fully saturated rings. The first-order valence-electron chi connectivity index (χ1n) is 6.96. The average Bonchev–Trinajstić information content (AvgIpc) is 2.53. The van der Waals surface area contributed by atoms with Crippen molar-refractivity contribution < 1.29 is 13.2 Å². The van der Waals surface area contributed by atoms with Crippen molar-refractivity contribution in [1.82, 2.24) is 4.98 Å². The summed E-state index contributed by atoms with van der Waals surface area (Å²) in [6.45, 7) is 2.21. The van der Waals surface area contributed by atoms with E-state index in [1.165, 1.54) is 6.42 Å². The summed E-state index contributed by atoms with van der Waals surface area (Å²) in [5, 5.41) is 3.10. The van der Waals surface area contributed by atoms with Gasteiger partial charge in [0.1, 0.15) is 11.6 Å². The quantitative estimate of drug-likeness (QED) is 0.806. The fourth-order valence-corrected chi connectivity index (χ4v) is 2.63. The van der Waals surface area contributed by atoms with E-state index in [1.807, 2.05) is 0 Å². The van der Waals surface area contributed by atoms with Gasteiger partial charge in [0.15, 0.2) is 0 Å². The molecule has 0 radical (unpaired) electrons. The minimum atomic E-state index is -4.40. The summed E-state index contributed by atoms with van der Waals surface area (Å²) >= 11 is 0. The molecule has 0 amide bonds. The third kappa shape index (κ3) is 4.02. The van der Waals surface area contributed by atoms with Crippen molar-refractivity contribution in [2.45, 2.75) is 51.2 Å². The maximum Gasteiger partial charge on any atom is 0.416 e. The lowest BCUT2D eigenvalue weighted by Gasteiger charge is -2.18. The van der Waals surface area contributed by atoms with Crippen LogP contribution in [0.2, 0.25) is 0 Å². The van der Waals surface area contributed by atoms with E-state index in [2.05, 4.69) is 17.2 Å². The molecule has 3 N–H and O–H groups in total. The molecular formula is C14H20F3N3. The highest BCUT2D eigenvalue weighted by Gasteiger charge is 2.31. The Morgan fingerprint density at radius 3 is 2.65 bits per heavy atom. The summed E-state index contributed by atoms with van der Waals surface area (Å²) in [6, 6.07) is 2.07. The van der Waals surface area contributed by atoms with Crippen LogP contribution in [0.15, 0.2) is 12.1 Å². The number of anilines is 2. The first kappa shape index (κ1) is 14.9. The number of aromatic nitrogens is 1. The van der Waals surface area contributed by atoms with Crippen LogP contribution in [0.25, 0.3) is 0 Å². The van der Waals surface area contributed by atoms with E-state index in [9.17, 15) is 13.2 Å². The third-order valence-corrected chi connectivity index (χ3v) is 3.78. The van der Waals surface area contributed by atoms with E-state index < -0.39 is 11.7 Å². The maximum atomic E-state index is 12.7. The Labute approximate surface area is 116 Å². The van der Waals surface area contributed by atoms with Gasteiger partial charge in [0.2, 0.25) is 0 Å². The number of hydrogen-bond acceptors (Lipinski definition) is 3. The molecule has 0 aromatic carbocycles. The Bertz CT molecular complexity index is 459. The Hall–Kier alpha value is -1.46. The molecule has 0 bridgehead atoms. The molecule has 1 aromatic heterocycles. The molecule has 6 heteroatoms. The number of pyridine rings is 1. The fourth-order valence-electron chi connectivity index (χ4n) is 2.63. The molecule has 0 spiro atoms. The van der Waals surface area contributed by atoms with Gasteiger partial charge in [-0.2, -0.15) is 13.2 Å². The van der Waals surface area contributed by atoms with Gasteiger partial charge < -0.3 is 11.1 Å². The van der Waals surface area contributed by atoms with Crippen molar-refractivity contribution in [3.8, 4) is 0 Å². The Balaban J connectivity index is 2.11. The highest BCUT2D eigenvalue weighted by Crippen LogP contribution is 2.32. The van der Waals surface area contributed by atoms with Crippen LogP contribution in [0, 0.1) is 5.92 Å². The minimum absolute atomic E-state index is 0.107. The van der Waals surface area contributed by atoms with E-state index in [4.69, 9.17) is 5.73 Å². The molecule has 2 atom stereocenters. The van der Waals surface area contributed by atoms with E-state index in [1.54, 1.807) is 0 Å². The molecule has 3 nitrogen and oxygen atoms in total. The van der Waals surface area contributed by atoms with Gasteiger partial charge in [-0.05, 0) is 37.3 Å². The van der Waals surface area contributed by atoms with E-state index in [-0.39, 0.29) is 17.7 Å². The minimum Gasteiger partial charge on any atom is -0.384 e. The molecule has 0 aliphatic heterocycles. The number of nitrogens with zero attached hydrogens (tertiary/aromatic N) is 1. The standard InChI is InChI=1S/C14H20F3N3/c1-9-3-2-4-11(6-5-9)19-13-8-10(14(15,16)17)7-12(18)20-13/h7-9,11H,2-6H2,1H3,(H3,18,19,20). The molecule has 20 heavy (non-hydrogen) atoms. The van der Waals surface area contributed by atoms with Gasteiger partial charge >= 0.3 is 6.18 Å². The van der Waals surface area contributed by atoms with Crippen molar-refractivity contribution in [1.29, 1.82) is 0 Å². The topological polar surface area (TPSA) is 50.9 Å². The van der Waals surface area contributed by atoms with Crippen molar-refractivity contribution in [3.63, 3.8) is 0 Å². The zero-order valence-electron chi connectivity index (χ0n) is 11.5. The first-order valence-corrected chi connectivity index (χ1v) is 6.96. The SMILES string of the molecule is CC1CCCC(Nc2cc(C(F)(F)F)cc(N)n2)CC1. The van der Waals surface area contributed by atoms with Crippen molar-refractivity contribution in [2.75, 3.05) is 11.1 Å². The molecule has 2 rings (SSSR count). The second-order valence-electron chi connectivity index (χ2n) is 5.62. The number of halogens is 3. The molecule has 1 aliphatic rings. The van der Waals surface area contributed by atoms with Crippen LogP contribution in [0.1, 0.15) is 44.6 Å². The Kier molecular flexibility index (Phi) is 4.40. The van der Waals surface area contributed by atoms with Crippen LogP contribution in [0.5, 0.6) is 0 Å². The molecule has 1 heterocycles. The Morgan fingerprint density at radius 1 is 1.20 bits per heavy atom. The number of rotatable bonds is 2. The first-order chi connectivity index (χ1) is 9.34. The lowest BCUT2D eigenvalue weighted by molar-refractivity contribution is -0.137. The van der Waals surface area contributed by atoms with E-state index >= 15 is 0 Å². The van der Waals surface area contributed by atoms with Crippen LogP contribution >= 0.6 is 0 Å². The van der Waals surface area contributed by atoms with Crippen LogP contribution in [-0.2, 0) is 6.18 Å². The average molecular weight is 287 g/mol. The van der Waals surface area contributed by atoms with Gasteiger partial charge in [-0.25, -0.2) is 4.98 Å². The number of nitrogen functional groups attached to an aromatic ring is 1. The van der Waals surface area contributed by atoms with Gasteiger partial charge in [-0.15, -0.1) is 0 Å². The predicted octanol–water partition coefficient (Wildman–Crippen LogP) is 4.06. The zero-order chi connectivity index (χ0) is 14.8. The van der Waals surface area contributed by atoms with Gasteiger partial charge in [0, 0.05) is 6.04 Å². The number of alkyl halides is 3. The maximum absolute atomic E-state index is 12.7. The van der Waals surface area contributed by atoms with Crippen LogP contribution in [-0.4, -0.2) is 11.0 Å². The normalized spacial score (nSPS) is 24.2. The lowest BCUT2D eigenvalue weighted by Crippen LogP contribution is -2.20. The van der Waals surface area contributed by atoms with Gasteiger partial charge in [-0.1, -0.05) is 19.8 Å². The fraction of sp³-hybridized carbons (Fsp3) is 0.643. The molecular weight excluding hydrogens is 267 g/mol. The molecule has 1 aliphatic carbocycles. The molecule has 1 saturated carbocycles. The second kappa shape index (κ2) is 5.89. The third-order valence-electron chi connectivity index (χ3n) is 3.78. The van der Waals surface area contributed by atoms with Crippen LogP contribution in [0.3, 0.4) is 0 Å². The summed E-state index contributed by atoms with van der Waals surface area (Å²) in [7, 11) is 0. The van der Waals surface area contributed by atoms with Crippen molar-refractivity contribution >= 4 is 11.6 Å². The molecule has 2 unspecified atom stereocenters. The van der Waals surface area contributed by atoms with Gasteiger partial charge in [0.25, 0.3) is 0 Å². The summed E-state index contributed by atoms with van der Waals surface area (Å²) < 4.78 is 38.2. The second-order valence-corrected chi connectivity index (χ2v) is 5.62. The Morgan fingerprint density at radius 2 is 1.95 bits per heavy atom. The highest BCUT2D eigenvalue weighted by molar-refractivity contribution is 5.48. The lowest BCUT2D eigenvalue weighted by atomic mass is 10.0. The molecule has 0 saturated heterocycles. The number of nitrogens with two attached hydrogens (primary N) is 1. The highest BCUT2D eigenvalue weighted by atomic mass is 19.4. The largest absolute Gasteiger partial charge is 0.416 e. The van der Waals surface area contributed by atoms with Crippen LogP contribution in [0.4, 0.5) is 24.8 Å². The summed E-state index contributed by atoms with van der Waals surface area (Å²) in [5.41, 5.74) is 4.71. The van der Waals surface area contributed by atoms with E-state index in [0.717, 1.165) is 37.8 Å². The molecule has 1 aromatic rings. The van der Waals surface area contributed by atoms with E-state index in [0.29, 0.717) is 5.92 Å². The summed E-state index contributed by atoms with van der Waals surface area (Å²) in [6.07, 6.45) is 0.877. The zero-order valence-corrected chi connectivity index (χ0v) is 11.5. The van der Waals surface area contributed by atoms with Crippen LogP contribution < -0.4 is 11.1 Å². The predicted molar refractivity (Wildman–Crippen MR) is 73.3 cm³/mol. The molecule has 112 valence electrons. The monoisotopic (exact) mass is 287 g/mol. The van der Waals surface area contributed by atoms with Crippen molar-refractivity contribution in [2.24, 2.45) is 5.92 Å². The summed E-state index contributed by atoms with van der Waals surface area (Å²) in [4.78, 5) is 3.96. The number of nitrogens with one attached hydrogen (secondary N) is 1.